The lowest BCUT2D eigenvalue weighted by Gasteiger charge is -2.06. The van der Waals surface area contributed by atoms with Crippen molar-refractivity contribution in [3.63, 3.8) is 0 Å². The van der Waals surface area contributed by atoms with E-state index in [1.165, 1.54) is 11.8 Å². The molecular formula is C22H27N7OS. The van der Waals surface area contributed by atoms with E-state index < -0.39 is 0 Å². The van der Waals surface area contributed by atoms with Gasteiger partial charge >= 0.3 is 0 Å². The average molecular weight is 438 g/mol. The monoisotopic (exact) mass is 437 g/mol. The molecule has 0 saturated carbocycles. The predicted molar refractivity (Wildman–Crippen MR) is 128 cm³/mol. The average Bonchev–Trinajstić information content (AvgIpc) is 2.86. The van der Waals surface area contributed by atoms with Crippen LogP contribution in [-0.2, 0) is 0 Å². The molecule has 2 aromatic carbocycles. The van der Waals surface area contributed by atoms with Crippen molar-refractivity contribution in [2.24, 2.45) is 10.8 Å². The molecule has 0 aliphatic rings. The van der Waals surface area contributed by atoms with Crippen molar-refractivity contribution < 1.29 is 4.74 Å². The molecule has 0 bridgehead atoms. The Labute approximate surface area is 187 Å². The smallest absolute Gasteiger partial charge is 0.237 e. The molecule has 162 valence electrons. The van der Waals surface area contributed by atoms with Gasteiger partial charge in [0, 0.05) is 18.7 Å². The number of hydrogen-bond donors (Lipinski definition) is 3. The van der Waals surface area contributed by atoms with Crippen molar-refractivity contribution >= 4 is 29.3 Å². The topological polar surface area (TPSA) is 121 Å². The number of nitrogens with one attached hydrogen (secondary N) is 2. The molecule has 0 radical (unpaired) electrons. The molecular weight excluding hydrogens is 410 g/mol. The van der Waals surface area contributed by atoms with Crippen molar-refractivity contribution in [2.45, 2.75) is 19.0 Å². The molecule has 0 saturated heterocycles. The Kier molecular flexibility index (Phi) is 12.5. The van der Waals surface area contributed by atoms with Gasteiger partial charge in [-0.05, 0) is 30.5 Å². The van der Waals surface area contributed by atoms with E-state index in [9.17, 15) is 0 Å². The first-order valence-electron chi connectivity index (χ1n) is 9.52. The van der Waals surface area contributed by atoms with Gasteiger partial charge in [0.05, 0.1) is 0 Å². The molecule has 8 nitrogen and oxygen atoms in total. The number of thioether (sulfide) groups is 1. The van der Waals surface area contributed by atoms with Crippen LogP contribution in [0.2, 0.25) is 0 Å². The lowest BCUT2D eigenvalue weighted by Crippen LogP contribution is -2.10. The largest absolute Gasteiger partial charge is 0.438 e. The van der Waals surface area contributed by atoms with Gasteiger partial charge in [0.25, 0.3) is 0 Å². The van der Waals surface area contributed by atoms with Crippen LogP contribution in [0.25, 0.3) is 0 Å². The summed E-state index contributed by atoms with van der Waals surface area (Å²) >= 11 is 1.47. The highest BCUT2D eigenvalue weighted by molar-refractivity contribution is 7.98. The fourth-order valence-corrected chi connectivity index (χ4v) is 2.47. The lowest BCUT2D eigenvalue weighted by atomic mass is 10.2. The van der Waals surface area contributed by atoms with Gasteiger partial charge in [-0.2, -0.15) is 5.26 Å². The number of anilines is 2. The van der Waals surface area contributed by atoms with Crippen LogP contribution in [0.5, 0.6) is 5.75 Å². The van der Waals surface area contributed by atoms with Crippen LogP contribution in [0.3, 0.4) is 0 Å². The minimum atomic E-state index is 0.305. The third-order valence-electron chi connectivity index (χ3n) is 3.42. The number of aliphatic imine (C=N–C) groups is 1. The van der Waals surface area contributed by atoms with Gasteiger partial charge in [0.1, 0.15) is 17.4 Å². The van der Waals surface area contributed by atoms with Crippen LogP contribution in [0.1, 0.15) is 19.4 Å². The lowest BCUT2D eigenvalue weighted by molar-refractivity contribution is 0.553. The van der Waals surface area contributed by atoms with Gasteiger partial charge in [-0.15, -0.1) is 4.99 Å². The second-order valence-corrected chi connectivity index (χ2v) is 6.09. The molecule has 0 aliphatic carbocycles. The van der Waals surface area contributed by atoms with E-state index in [4.69, 9.17) is 15.8 Å². The minimum Gasteiger partial charge on any atom is -0.438 e. The Hall–Kier alpha value is -3.61. The summed E-state index contributed by atoms with van der Waals surface area (Å²) in [4.78, 5) is 11.9. The van der Waals surface area contributed by atoms with E-state index >= 15 is 0 Å². The summed E-state index contributed by atoms with van der Waals surface area (Å²) in [5, 5.41) is 12.3. The summed E-state index contributed by atoms with van der Waals surface area (Å²) in [6, 6.07) is 20.3. The van der Waals surface area contributed by atoms with Gasteiger partial charge in [-0.1, -0.05) is 62.0 Å². The number of aromatic nitrogens is 2. The highest BCUT2D eigenvalue weighted by atomic mass is 32.2. The molecule has 0 fully saturated rings. The zero-order chi connectivity index (χ0) is 22.9. The number of nitriles is 1. The van der Waals surface area contributed by atoms with E-state index in [0.717, 1.165) is 11.4 Å². The maximum atomic E-state index is 8.66. The Morgan fingerprint density at radius 2 is 1.61 bits per heavy atom. The van der Waals surface area contributed by atoms with Crippen LogP contribution in [0.15, 0.2) is 76.9 Å². The molecule has 1 heterocycles. The zero-order valence-corrected chi connectivity index (χ0v) is 18.9. The summed E-state index contributed by atoms with van der Waals surface area (Å²) in [6.45, 7) is 4.00. The molecule has 3 rings (SSSR count). The fraction of sp³-hybridized carbons (Fsp3) is 0.182. The van der Waals surface area contributed by atoms with Gasteiger partial charge in [0.15, 0.2) is 5.16 Å². The standard InChI is InChI=1S/C14H10N2O.C6H11N5S.C2H6/c15-11-16-14(12-7-3-1-4-8-12)17-13-9-5-2-6-10-13;1-8-4-3-5(11-7)10-6(9-4)12-2;1-2/h1-10H;3H,7H2,1-2H3,(H2,8,9,10,11);1-2H3. The van der Waals surface area contributed by atoms with E-state index in [-0.39, 0.29) is 0 Å². The third kappa shape index (κ3) is 9.16. The molecule has 0 aliphatic heterocycles. The van der Waals surface area contributed by atoms with Gasteiger partial charge in [0.2, 0.25) is 12.1 Å². The molecule has 0 atom stereocenters. The highest BCUT2D eigenvalue weighted by Gasteiger charge is 2.05. The van der Waals surface area contributed by atoms with E-state index in [1.807, 2.05) is 80.8 Å². The van der Waals surface area contributed by atoms with Crippen molar-refractivity contribution in [3.05, 3.63) is 72.3 Å². The van der Waals surface area contributed by atoms with Crippen molar-refractivity contribution in [2.75, 3.05) is 24.0 Å². The number of para-hydroxylation sites is 1. The summed E-state index contributed by atoms with van der Waals surface area (Å²) < 4.78 is 5.57. The summed E-state index contributed by atoms with van der Waals surface area (Å²) in [5.41, 5.74) is 3.25. The highest BCUT2D eigenvalue weighted by Crippen LogP contribution is 2.15. The maximum absolute atomic E-state index is 8.66. The number of nitrogen functional groups attached to an aromatic ring is 1. The summed E-state index contributed by atoms with van der Waals surface area (Å²) in [7, 11) is 1.80. The van der Waals surface area contributed by atoms with Gasteiger partial charge in [-0.25, -0.2) is 15.8 Å². The summed E-state index contributed by atoms with van der Waals surface area (Å²) in [6.07, 6.45) is 3.66. The second-order valence-electron chi connectivity index (χ2n) is 5.32. The first-order chi connectivity index (χ1) is 15.2. The molecule has 9 heteroatoms. The first kappa shape index (κ1) is 25.4. The Morgan fingerprint density at radius 1 is 1.03 bits per heavy atom. The van der Waals surface area contributed by atoms with Crippen molar-refractivity contribution in [3.8, 4) is 11.9 Å². The van der Waals surface area contributed by atoms with E-state index in [0.29, 0.717) is 22.6 Å². The van der Waals surface area contributed by atoms with E-state index in [1.54, 1.807) is 19.3 Å². The predicted octanol–water partition coefficient (Wildman–Crippen LogP) is 4.55. The molecule has 0 amide bonds. The third-order valence-corrected chi connectivity index (χ3v) is 3.97. The van der Waals surface area contributed by atoms with Crippen LogP contribution in [0, 0.1) is 11.5 Å². The maximum Gasteiger partial charge on any atom is 0.237 e. The van der Waals surface area contributed by atoms with Crippen LogP contribution in [-0.4, -0.2) is 29.2 Å². The van der Waals surface area contributed by atoms with Crippen LogP contribution >= 0.6 is 11.8 Å². The Bertz CT molecular complexity index is 905. The Morgan fingerprint density at radius 3 is 2.13 bits per heavy atom. The molecule has 1 aromatic heterocycles. The Balaban J connectivity index is 0.000000303. The fourth-order valence-electron chi connectivity index (χ4n) is 2.09. The molecule has 0 unspecified atom stereocenters. The van der Waals surface area contributed by atoms with Crippen molar-refractivity contribution in [1.29, 1.82) is 5.26 Å². The molecule has 31 heavy (non-hydrogen) atoms. The minimum absolute atomic E-state index is 0.305. The van der Waals surface area contributed by atoms with Gasteiger partial charge in [-0.3, -0.25) is 0 Å². The van der Waals surface area contributed by atoms with Crippen molar-refractivity contribution in [1.82, 2.24) is 9.97 Å². The molecule has 3 aromatic rings. The van der Waals surface area contributed by atoms with Gasteiger partial charge < -0.3 is 15.5 Å². The molecule has 0 spiro atoms. The number of nitrogens with zero attached hydrogens (tertiary/aromatic N) is 4. The quantitative estimate of drug-likeness (QED) is 0.101. The van der Waals surface area contributed by atoms with Crippen LogP contribution < -0.4 is 21.3 Å². The molecule has 4 N–H and O–H groups in total. The zero-order valence-electron chi connectivity index (χ0n) is 18.0. The number of rotatable bonds is 5. The number of ether oxygens (including phenoxy) is 1. The SMILES string of the molecule is CC.CNc1cc(NN)nc(SC)n1.N#CN=C(Oc1ccccc1)c1ccccc1. The number of nitrogens with two attached hydrogens (primary N) is 1. The first-order valence-corrected chi connectivity index (χ1v) is 10.7. The second kappa shape index (κ2) is 15.3. The number of hydrogen-bond acceptors (Lipinski definition) is 9. The van der Waals surface area contributed by atoms with E-state index in [2.05, 4.69) is 25.7 Å². The normalized spacial score (nSPS) is 9.74. The van der Waals surface area contributed by atoms with Crippen LogP contribution in [0.4, 0.5) is 11.6 Å². The number of hydrazine groups is 1. The summed E-state index contributed by atoms with van der Waals surface area (Å²) in [5.74, 6) is 7.54. The number of benzene rings is 2.